The predicted octanol–water partition coefficient (Wildman–Crippen LogP) is 3.11. The van der Waals surface area contributed by atoms with Crippen LogP contribution in [0.5, 0.6) is 5.75 Å². The van der Waals surface area contributed by atoms with Gasteiger partial charge in [0.15, 0.2) is 5.54 Å². The van der Waals surface area contributed by atoms with Crippen molar-refractivity contribution >= 4 is 11.9 Å². The minimum Gasteiger partial charge on any atom is -0.493 e. The Morgan fingerprint density at radius 1 is 1.21 bits per heavy atom. The zero-order chi connectivity index (χ0) is 20.4. The van der Waals surface area contributed by atoms with Gasteiger partial charge >= 0.3 is 6.03 Å². The topological polar surface area (TPSA) is 78.9 Å². The van der Waals surface area contributed by atoms with Gasteiger partial charge in [-0.2, -0.15) is 0 Å². The van der Waals surface area contributed by atoms with Crippen LogP contribution in [-0.4, -0.2) is 40.7 Å². The summed E-state index contributed by atoms with van der Waals surface area (Å²) >= 11 is 0. The van der Waals surface area contributed by atoms with Crippen LogP contribution in [0, 0.1) is 11.3 Å². The van der Waals surface area contributed by atoms with Crippen molar-refractivity contribution in [2.24, 2.45) is 11.3 Å². The lowest BCUT2D eigenvalue weighted by Crippen LogP contribution is -2.57. The number of hydrogen-bond donors (Lipinski definition) is 2. The molecule has 0 aromatic heterocycles. The first-order chi connectivity index (χ1) is 13.9. The molecule has 2 spiro atoms. The molecule has 1 saturated heterocycles. The molecule has 1 aliphatic heterocycles. The summed E-state index contributed by atoms with van der Waals surface area (Å²) in [7, 11) is 0. The Balaban J connectivity index is 1.59. The van der Waals surface area contributed by atoms with Gasteiger partial charge in [0.1, 0.15) is 5.75 Å². The minimum atomic E-state index is -1.05. The molecule has 1 unspecified atom stereocenters. The quantitative estimate of drug-likeness (QED) is 0.764. The van der Waals surface area contributed by atoms with Gasteiger partial charge in [0.2, 0.25) is 0 Å². The van der Waals surface area contributed by atoms with Crippen molar-refractivity contribution in [3.05, 3.63) is 29.3 Å². The maximum atomic E-state index is 13.8. The summed E-state index contributed by atoms with van der Waals surface area (Å²) in [6.07, 6.45) is 5.62. The highest BCUT2D eigenvalue weighted by molar-refractivity contribution is 6.09. The molecule has 2 saturated carbocycles. The van der Waals surface area contributed by atoms with Gasteiger partial charge in [-0.25, -0.2) is 4.79 Å². The van der Waals surface area contributed by atoms with Crippen LogP contribution < -0.4 is 10.1 Å². The summed E-state index contributed by atoms with van der Waals surface area (Å²) in [6.45, 7) is 4.46. The number of fused-ring (bicyclic) bond motifs is 3. The monoisotopic (exact) mass is 398 g/mol. The number of imide groups is 1. The van der Waals surface area contributed by atoms with Gasteiger partial charge in [-0.05, 0) is 88.0 Å². The number of rotatable bonds is 4. The molecule has 6 heteroatoms. The number of aliphatic hydroxyl groups excluding tert-OH is 1. The number of benzene rings is 1. The zero-order valence-corrected chi connectivity index (χ0v) is 17.2. The molecule has 1 atom stereocenters. The van der Waals surface area contributed by atoms with Crippen LogP contribution in [0.4, 0.5) is 4.79 Å². The lowest BCUT2D eigenvalue weighted by molar-refractivity contribution is -0.139. The van der Waals surface area contributed by atoms with Crippen molar-refractivity contribution in [1.82, 2.24) is 10.2 Å². The number of hydrogen-bond acceptors (Lipinski definition) is 4. The third kappa shape index (κ3) is 2.71. The average Bonchev–Trinajstić information content (AvgIpc) is 3.42. The standard InChI is InChI=1S/C23H30N2O4/c1-14(2)25-20(27)23(24-21(25)28)19-11-18(29-13-15-3-4-15)6-5-16(19)12-22(23)9-7-17(26)8-10-22/h5-6,11,14-15,17,26H,3-4,7-10,12-13H2,1-2H3,(H,24,28). The van der Waals surface area contributed by atoms with Gasteiger partial charge in [-0.15, -0.1) is 0 Å². The number of amides is 3. The number of aliphatic hydroxyl groups is 1. The SMILES string of the molecule is CC(C)N1C(=O)NC2(C1=O)c1cc(OCC3CC3)ccc1CC21CCC(O)CC1. The second kappa shape index (κ2) is 6.46. The van der Waals surface area contributed by atoms with Crippen LogP contribution in [0.2, 0.25) is 0 Å². The third-order valence-electron chi connectivity index (χ3n) is 7.47. The van der Waals surface area contributed by atoms with E-state index in [1.54, 1.807) is 0 Å². The fourth-order valence-corrected chi connectivity index (χ4v) is 5.69. The van der Waals surface area contributed by atoms with Crippen LogP contribution >= 0.6 is 0 Å². The van der Waals surface area contributed by atoms with Crippen molar-refractivity contribution in [2.75, 3.05) is 6.61 Å². The molecule has 6 nitrogen and oxygen atoms in total. The summed E-state index contributed by atoms with van der Waals surface area (Å²) in [5.74, 6) is 1.27. The molecular formula is C23H30N2O4. The molecule has 0 bridgehead atoms. The average molecular weight is 399 g/mol. The predicted molar refractivity (Wildman–Crippen MR) is 107 cm³/mol. The molecule has 0 radical (unpaired) electrons. The largest absolute Gasteiger partial charge is 0.493 e. The summed E-state index contributed by atoms with van der Waals surface area (Å²) in [4.78, 5) is 28.1. The van der Waals surface area contributed by atoms with Crippen molar-refractivity contribution < 1.29 is 19.4 Å². The van der Waals surface area contributed by atoms with Crippen LogP contribution in [-0.2, 0) is 16.8 Å². The lowest BCUT2D eigenvalue weighted by Gasteiger charge is -2.46. The van der Waals surface area contributed by atoms with E-state index in [1.165, 1.54) is 17.7 Å². The smallest absolute Gasteiger partial charge is 0.325 e. The first kappa shape index (κ1) is 18.9. The second-order valence-electron chi connectivity index (χ2n) is 9.71. The van der Waals surface area contributed by atoms with E-state index in [4.69, 9.17) is 4.74 Å². The fourth-order valence-electron chi connectivity index (χ4n) is 5.69. The van der Waals surface area contributed by atoms with E-state index in [0.29, 0.717) is 25.4 Å². The molecule has 3 aliphatic carbocycles. The number of carbonyl (C=O) groups is 2. The molecule has 3 fully saturated rings. The van der Waals surface area contributed by atoms with Gasteiger partial charge in [0.05, 0.1) is 12.7 Å². The van der Waals surface area contributed by atoms with Gasteiger partial charge in [-0.3, -0.25) is 9.69 Å². The van der Waals surface area contributed by atoms with Crippen LogP contribution in [0.1, 0.15) is 63.5 Å². The Bertz CT molecular complexity index is 854. The Morgan fingerprint density at radius 3 is 2.55 bits per heavy atom. The van der Waals surface area contributed by atoms with Gasteiger partial charge in [0, 0.05) is 11.5 Å². The Morgan fingerprint density at radius 2 is 1.93 bits per heavy atom. The number of nitrogens with zero attached hydrogens (tertiary/aromatic N) is 1. The van der Waals surface area contributed by atoms with Crippen molar-refractivity contribution in [3.63, 3.8) is 0 Å². The van der Waals surface area contributed by atoms with E-state index >= 15 is 0 Å². The maximum Gasteiger partial charge on any atom is 0.325 e. The van der Waals surface area contributed by atoms with E-state index < -0.39 is 5.54 Å². The molecule has 2 N–H and O–H groups in total. The van der Waals surface area contributed by atoms with E-state index in [0.717, 1.165) is 36.1 Å². The van der Waals surface area contributed by atoms with Gasteiger partial charge in [0.25, 0.3) is 5.91 Å². The first-order valence-corrected chi connectivity index (χ1v) is 11.0. The second-order valence-corrected chi connectivity index (χ2v) is 9.71. The molecule has 29 heavy (non-hydrogen) atoms. The Labute approximate surface area is 171 Å². The van der Waals surface area contributed by atoms with E-state index in [2.05, 4.69) is 11.4 Å². The summed E-state index contributed by atoms with van der Waals surface area (Å²) in [6, 6.07) is 5.53. The summed E-state index contributed by atoms with van der Waals surface area (Å²) in [5, 5.41) is 13.3. The number of carbonyl (C=O) groups excluding carboxylic acids is 2. The van der Waals surface area contributed by atoms with Crippen LogP contribution in [0.15, 0.2) is 18.2 Å². The lowest BCUT2D eigenvalue weighted by atomic mass is 9.61. The summed E-state index contributed by atoms with van der Waals surface area (Å²) < 4.78 is 6.01. The number of urea groups is 1. The molecule has 3 amide bonds. The summed E-state index contributed by atoms with van der Waals surface area (Å²) in [5.41, 5.74) is 0.561. The highest BCUT2D eigenvalue weighted by Crippen LogP contribution is 2.60. The van der Waals surface area contributed by atoms with Crippen molar-refractivity contribution in [1.29, 1.82) is 0 Å². The van der Waals surface area contributed by atoms with E-state index in [9.17, 15) is 14.7 Å². The van der Waals surface area contributed by atoms with Crippen LogP contribution in [0.25, 0.3) is 0 Å². The first-order valence-electron chi connectivity index (χ1n) is 11.0. The highest BCUT2D eigenvalue weighted by atomic mass is 16.5. The third-order valence-corrected chi connectivity index (χ3v) is 7.47. The molecule has 4 aliphatic rings. The molecule has 1 aromatic carbocycles. The van der Waals surface area contributed by atoms with Crippen LogP contribution in [0.3, 0.4) is 0 Å². The molecule has 1 heterocycles. The molecule has 1 aromatic rings. The van der Waals surface area contributed by atoms with Gasteiger partial charge < -0.3 is 15.2 Å². The Hall–Kier alpha value is -2.08. The van der Waals surface area contributed by atoms with Crippen molar-refractivity contribution in [2.45, 2.75) is 76.5 Å². The van der Waals surface area contributed by atoms with Crippen molar-refractivity contribution in [3.8, 4) is 5.75 Å². The fraction of sp³-hybridized carbons (Fsp3) is 0.652. The number of ether oxygens (including phenoxy) is 1. The van der Waals surface area contributed by atoms with Gasteiger partial charge in [-0.1, -0.05) is 6.07 Å². The molecule has 5 rings (SSSR count). The minimum absolute atomic E-state index is 0.146. The highest BCUT2D eigenvalue weighted by Gasteiger charge is 2.68. The number of nitrogens with one attached hydrogen (secondary N) is 1. The molecule has 156 valence electrons. The Kier molecular flexibility index (Phi) is 4.21. The molecular weight excluding hydrogens is 368 g/mol. The van der Waals surface area contributed by atoms with E-state index in [-0.39, 0.29) is 29.5 Å². The normalized spacial score (nSPS) is 33.7. The van der Waals surface area contributed by atoms with E-state index in [1.807, 2.05) is 26.0 Å². The maximum absolute atomic E-state index is 13.8. The zero-order valence-electron chi connectivity index (χ0n) is 17.2.